The molecule has 1 aromatic heterocycles. The fraction of sp³-hybridized carbons (Fsp3) is 0.688. The van der Waals surface area contributed by atoms with Crippen LogP contribution in [0.5, 0.6) is 0 Å². The molecule has 2 heterocycles. The maximum absolute atomic E-state index is 4.37. The normalized spacial score (nSPS) is 24.4. The van der Waals surface area contributed by atoms with Crippen LogP contribution < -0.4 is 5.32 Å². The number of nitrogens with zero attached hydrogens (tertiary/aromatic N) is 2. The summed E-state index contributed by atoms with van der Waals surface area (Å²) in [7, 11) is 0. The molecular weight excluding hydrogens is 234 g/mol. The van der Waals surface area contributed by atoms with E-state index in [1.165, 1.54) is 24.9 Å². The van der Waals surface area contributed by atoms with E-state index in [0.717, 1.165) is 31.2 Å². The highest BCUT2D eigenvalue weighted by Gasteiger charge is 2.22. The van der Waals surface area contributed by atoms with Gasteiger partial charge >= 0.3 is 0 Å². The molecule has 0 aromatic carbocycles. The first-order chi connectivity index (χ1) is 9.19. The van der Waals surface area contributed by atoms with Crippen molar-refractivity contribution in [3.05, 3.63) is 23.9 Å². The minimum atomic E-state index is 0.705. The van der Waals surface area contributed by atoms with Gasteiger partial charge in [0, 0.05) is 31.9 Å². The molecule has 1 aliphatic rings. The van der Waals surface area contributed by atoms with Gasteiger partial charge in [-0.25, -0.2) is 4.98 Å². The van der Waals surface area contributed by atoms with Gasteiger partial charge in [-0.1, -0.05) is 13.8 Å². The Morgan fingerprint density at radius 3 is 3.00 bits per heavy atom. The number of hydrogen-bond acceptors (Lipinski definition) is 3. The zero-order chi connectivity index (χ0) is 13.7. The van der Waals surface area contributed by atoms with Crippen molar-refractivity contribution < 1.29 is 0 Å². The maximum atomic E-state index is 4.37. The lowest BCUT2D eigenvalue weighted by Gasteiger charge is -2.36. The van der Waals surface area contributed by atoms with E-state index in [9.17, 15) is 0 Å². The first-order valence-corrected chi connectivity index (χ1v) is 7.62. The van der Waals surface area contributed by atoms with E-state index in [-0.39, 0.29) is 0 Å². The van der Waals surface area contributed by atoms with Crippen molar-refractivity contribution in [3.8, 4) is 0 Å². The second-order valence-corrected chi connectivity index (χ2v) is 5.94. The number of aromatic nitrogens is 1. The van der Waals surface area contributed by atoms with Crippen LogP contribution in [0.15, 0.2) is 18.3 Å². The average Bonchev–Trinajstić information content (AvgIpc) is 2.41. The third-order valence-corrected chi connectivity index (χ3v) is 4.01. The summed E-state index contributed by atoms with van der Waals surface area (Å²) < 4.78 is 0. The van der Waals surface area contributed by atoms with E-state index in [1.54, 1.807) is 0 Å². The van der Waals surface area contributed by atoms with Crippen molar-refractivity contribution in [2.24, 2.45) is 5.92 Å². The van der Waals surface area contributed by atoms with E-state index in [2.05, 4.69) is 48.1 Å². The zero-order valence-electron chi connectivity index (χ0n) is 12.5. The molecule has 1 aromatic rings. The molecule has 0 amide bonds. The van der Waals surface area contributed by atoms with Gasteiger partial charge in [0.15, 0.2) is 0 Å². The SMILES string of the molecule is CCCNc1cc(CN2CC(C)CCC2C)ccn1. The summed E-state index contributed by atoms with van der Waals surface area (Å²) in [5.41, 5.74) is 1.37. The second-order valence-electron chi connectivity index (χ2n) is 5.94. The van der Waals surface area contributed by atoms with Crippen LogP contribution in [-0.2, 0) is 6.54 Å². The lowest BCUT2D eigenvalue weighted by Crippen LogP contribution is -2.40. The van der Waals surface area contributed by atoms with Crippen LogP contribution in [0.2, 0.25) is 0 Å². The van der Waals surface area contributed by atoms with Gasteiger partial charge in [-0.3, -0.25) is 4.90 Å². The van der Waals surface area contributed by atoms with Crippen molar-refractivity contribution in [2.75, 3.05) is 18.4 Å². The number of rotatable bonds is 5. The molecule has 2 unspecified atom stereocenters. The van der Waals surface area contributed by atoms with Gasteiger partial charge in [0.1, 0.15) is 5.82 Å². The summed E-state index contributed by atoms with van der Waals surface area (Å²) in [6.07, 6.45) is 5.75. The van der Waals surface area contributed by atoms with Crippen molar-refractivity contribution >= 4 is 5.82 Å². The molecule has 1 N–H and O–H groups in total. The van der Waals surface area contributed by atoms with E-state index in [1.807, 2.05) is 6.20 Å². The molecule has 0 saturated carbocycles. The topological polar surface area (TPSA) is 28.2 Å². The molecule has 0 aliphatic carbocycles. The zero-order valence-corrected chi connectivity index (χ0v) is 12.5. The summed E-state index contributed by atoms with van der Waals surface area (Å²) in [4.78, 5) is 6.98. The summed E-state index contributed by atoms with van der Waals surface area (Å²) >= 11 is 0. The Morgan fingerprint density at radius 1 is 1.37 bits per heavy atom. The molecule has 1 saturated heterocycles. The first-order valence-electron chi connectivity index (χ1n) is 7.62. The van der Waals surface area contributed by atoms with Crippen molar-refractivity contribution in [3.63, 3.8) is 0 Å². The molecule has 19 heavy (non-hydrogen) atoms. The predicted octanol–water partition coefficient (Wildman–Crippen LogP) is 3.52. The van der Waals surface area contributed by atoms with Gasteiger partial charge in [-0.05, 0) is 49.8 Å². The molecule has 3 heteroatoms. The van der Waals surface area contributed by atoms with E-state index >= 15 is 0 Å². The Labute approximate surface area is 117 Å². The largest absolute Gasteiger partial charge is 0.370 e. The minimum Gasteiger partial charge on any atom is -0.370 e. The van der Waals surface area contributed by atoms with Crippen molar-refractivity contribution in [1.82, 2.24) is 9.88 Å². The minimum absolute atomic E-state index is 0.705. The Bertz CT molecular complexity index is 391. The molecule has 0 bridgehead atoms. The van der Waals surface area contributed by atoms with Crippen LogP contribution in [0.1, 0.15) is 45.6 Å². The molecule has 2 rings (SSSR count). The van der Waals surface area contributed by atoms with Gasteiger partial charge in [0.2, 0.25) is 0 Å². The number of nitrogens with one attached hydrogen (secondary N) is 1. The molecule has 3 nitrogen and oxygen atoms in total. The summed E-state index contributed by atoms with van der Waals surface area (Å²) in [6, 6.07) is 5.04. The van der Waals surface area contributed by atoms with Crippen molar-refractivity contribution in [2.45, 2.75) is 52.6 Å². The van der Waals surface area contributed by atoms with E-state index in [4.69, 9.17) is 0 Å². The Kier molecular flexibility index (Phi) is 5.20. The maximum Gasteiger partial charge on any atom is 0.126 e. The van der Waals surface area contributed by atoms with E-state index in [0.29, 0.717) is 6.04 Å². The number of pyridine rings is 1. The highest BCUT2D eigenvalue weighted by atomic mass is 15.2. The lowest BCUT2D eigenvalue weighted by atomic mass is 9.94. The average molecular weight is 261 g/mol. The van der Waals surface area contributed by atoms with Crippen molar-refractivity contribution in [1.29, 1.82) is 0 Å². The monoisotopic (exact) mass is 261 g/mol. The number of hydrogen-bond donors (Lipinski definition) is 1. The Balaban J connectivity index is 1.97. The third-order valence-electron chi connectivity index (χ3n) is 4.01. The Morgan fingerprint density at radius 2 is 2.21 bits per heavy atom. The first kappa shape index (κ1) is 14.3. The smallest absolute Gasteiger partial charge is 0.126 e. The van der Waals surface area contributed by atoms with Crippen LogP contribution >= 0.6 is 0 Å². The number of likely N-dealkylation sites (tertiary alicyclic amines) is 1. The van der Waals surface area contributed by atoms with Crippen LogP contribution in [0.4, 0.5) is 5.82 Å². The van der Waals surface area contributed by atoms with Gasteiger partial charge in [-0.15, -0.1) is 0 Å². The second kappa shape index (κ2) is 6.90. The summed E-state index contributed by atoms with van der Waals surface area (Å²) in [5, 5.41) is 3.36. The standard InChI is InChI=1S/C16H27N3/c1-4-8-17-16-10-15(7-9-18-16)12-19-11-13(2)5-6-14(19)3/h7,9-10,13-14H,4-6,8,11-12H2,1-3H3,(H,17,18). The Hall–Kier alpha value is -1.09. The lowest BCUT2D eigenvalue weighted by molar-refractivity contribution is 0.117. The summed E-state index contributed by atoms with van der Waals surface area (Å²) in [6.45, 7) is 10.2. The van der Waals surface area contributed by atoms with Gasteiger partial charge < -0.3 is 5.32 Å². The predicted molar refractivity (Wildman–Crippen MR) is 81.3 cm³/mol. The molecule has 0 spiro atoms. The fourth-order valence-corrected chi connectivity index (χ4v) is 2.76. The third kappa shape index (κ3) is 4.20. The molecule has 1 fully saturated rings. The summed E-state index contributed by atoms with van der Waals surface area (Å²) in [5.74, 6) is 1.84. The molecule has 1 aliphatic heterocycles. The van der Waals surface area contributed by atoms with Crippen LogP contribution in [0.3, 0.4) is 0 Å². The van der Waals surface area contributed by atoms with Crippen LogP contribution in [0.25, 0.3) is 0 Å². The molecule has 2 atom stereocenters. The highest BCUT2D eigenvalue weighted by Crippen LogP contribution is 2.23. The van der Waals surface area contributed by atoms with E-state index < -0.39 is 0 Å². The number of piperidine rings is 1. The quantitative estimate of drug-likeness (QED) is 0.879. The van der Waals surface area contributed by atoms with Gasteiger partial charge in [0.05, 0.1) is 0 Å². The van der Waals surface area contributed by atoms with Gasteiger partial charge in [0.25, 0.3) is 0 Å². The molecule has 0 radical (unpaired) electrons. The highest BCUT2D eigenvalue weighted by molar-refractivity contribution is 5.37. The molecular formula is C16H27N3. The van der Waals surface area contributed by atoms with Gasteiger partial charge in [-0.2, -0.15) is 0 Å². The number of anilines is 1. The van der Waals surface area contributed by atoms with Crippen LogP contribution in [-0.4, -0.2) is 29.0 Å². The fourth-order valence-electron chi connectivity index (χ4n) is 2.76. The van der Waals surface area contributed by atoms with Crippen LogP contribution in [0, 0.1) is 5.92 Å². The molecule has 106 valence electrons.